The molecule has 86 valence electrons. The molecule has 1 aromatic rings. The van der Waals surface area contributed by atoms with Crippen LogP contribution in [-0.4, -0.2) is 23.6 Å². The van der Waals surface area contributed by atoms with Crippen molar-refractivity contribution in [2.45, 2.75) is 25.9 Å². The Kier molecular flexibility index (Phi) is 2.30. The van der Waals surface area contributed by atoms with E-state index in [1.807, 2.05) is 13.8 Å². The van der Waals surface area contributed by atoms with Crippen molar-refractivity contribution in [3.8, 4) is 17.2 Å². The summed E-state index contributed by atoms with van der Waals surface area (Å²) in [5.74, 6) is 0.398. The van der Waals surface area contributed by atoms with Gasteiger partial charge in [-0.3, -0.25) is 4.79 Å². The van der Waals surface area contributed by atoms with Crippen LogP contribution >= 0.6 is 0 Å². The molecule has 4 heteroatoms. The third-order valence-corrected chi connectivity index (χ3v) is 2.58. The van der Waals surface area contributed by atoms with Crippen molar-refractivity contribution in [2.75, 3.05) is 7.11 Å². The summed E-state index contributed by atoms with van der Waals surface area (Å²) in [7, 11) is 1.46. The van der Waals surface area contributed by atoms with Crippen LogP contribution in [0.3, 0.4) is 0 Å². The molecule has 0 spiro atoms. The van der Waals surface area contributed by atoms with Crippen LogP contribution < -0.4 is 9.47 Å². The lowest BCUT2D eigenvalue weighted by molar-refractivity contribution is 0.0599. The molecule has 1 heterocycles. The van der Waals surface area contributed by atoms with Gasteiger partial charge in [0.15, 0.2) is 17.3 Å². The fraction of sp³-hybridized carbons (Fsp3) is 0.417. The molecule has 4 nitrogen and oxygen atoms in total. The maximum atomic E-state index is 11.8. The van der Waals surface area contributed by atoms with E-state index in [4.69, 9.17) is 9.47 Å². The van der Waals surface area contributed by atoms with E-state index in [-0.39, 0.29) is 17.3 Å². The van der Waals surface area contributed by atoms with Crippen LogP contribution in [0, 0.1) is 0 Å². The number of phenolic OH excluding ortho intramolecular Hbond substituents is 1. The van der Waals surface area contributed by atoms with Gasteiger partial charge in [-0.15, -0.1) is 0 Å². The highest BCUT2D eigenvalue weighted by Crippen LogP contribution is 2.44. The van der Waals surface area contributed by atoms with E-state index in [1.165, 1.54) is 7.11 Å². The van der Waals surface area contributed by atoms with E-state index in [9.17, 15) is 9.90 Å². The average Bonchev–Trinajstić information content (AvgIpc) is 2.18. The standard InChI is InChI=1S/C12H14O4/c1-12(2)6-8(13)7-4-5-9(15-3)10(14)11(7)16-12/h4-5,14H,6H2,1-3H3. The highest BCUT2D eigenvalue weighted by molar-refractivity contribution is 6.01. The zero-order valence-electron chi connectivity index (χ0n) is 9.53. The molecule has 0 bridgehead atoms. The van der Waals surface area contributed by atoms with Gasteiger partial charge in [-0.05, 0) is 26.0 Å². The van der Waals surface area contributed by atoms with Crippen molar-refractivity contribution >= 4 is 5.78 Å². The van der Waals surface area contributed by atoms with Crippen molar-refractivity contribution in [1.29, 1.82) is 0 Å². The highest BCUT2D eigenvalue weighted by atomic mass is 16.5. The number of hydrogen-bond acceptors (Lipinski definition) is 4. The number of methoxy groups -OCH3 is 1. The van der Waals surface area contributed by atoms with E-state index in [2.05, 4.69) is 0 Å². The summed E-state index contributed by atoms with van der Waals surface area (Å²) < 4.78 is 10.6. The number of phenols is 1. The van der Waals surface area contributed by atoms with E-state index in [0.717, 1.165) is 0 Å². The SMILES string of the molecule is COc1ccc2c(c1O)OC(C)(C)CC2=O. The van der Waals surface area contributed by atoms with Crippen LogP contribution in [0.4, 0.5) is 0 Å². The van der Waals surface area contributed by atoms with Crippen LogP contribution in [0.15, 0.2) is 12.1 Å². The van der Waals surface area contributed by atoms with Gasteiger partial charge < -0.3 is 14.6 Å². The third-order valence-electron chi connectivity index (χ3n) is 2.58. The third kappa shape index (κ3) is 1.60. The molecule has 0 amide bonds. The van der Waals surface area contributed by atoms with Gasteiger partial charge in [0.2, 0.25) is 5.75 Å². The Labute approximate surface area is 93.8 Å². The topological polar surface area (TPSA) is 55.8 Å². The number of carbonyl (C=O) groups excluding carboxylic acids is 1. The summed E-state index contributed by atoms with van der Waals surface area (Å²) in [6.07, 6.45) is 0.311. The molecule has 16 heavy (non-hydrogen) atoms. The van der Waals surface area contributed by atoms with Gasteiger partial charge in [0.05, 0.1) is 19.1 Å². The second-order valence-electron chi connectivity index (χ2n) is 4.45. The predicted molar refractivity (Wildman–Crippen MR) is 58.3 cm³/mol. The first-order valence-corrected chi connectivity index (χ1v) is 5.07. The molecule has 1 aromatic carbocycles. The molecule has 0 atom stereocenters. The van der Waals surface area contributed by atoms with Crippen molar-refractivity contribution in [3.05, 3.63) is 17.7 Å². The second kappa shape index (κ2) is 3.40. The average molecular weight is 222 g/mol. The molecule has 0 saturated heterocycles. The van der Waals surface area contributed by atoms with E-state index >= 15 is 0 Å². The lowest BCUT2D eigenvalue weighted by Gasteiger charge is -2.32. The fourth-order valence-electron chi connectivity index (χ4n) is 1.83. The molecule has 0 fully saturated rings. The molecule has 0 aromatic heterocycles. The summed E-state index contributed by atoms with van der Waals surface area (Å²) in [6, 6.07) is 3.18. The largest absolute Gasteiger partial charge is 0.502 e. The Morgan fingerprint density at radius 1 is 1.44 bits per heavy atom. The summed E-state index contributed by atoms with van der Waals surface area (Å²) in [5.41, 5.74) is -0.175. The lowest BCUT2D eigenvalue weighted by atomic mass is 9.93. The molecular formula is C12H14O4. The first kappa shape index (κ1) is 10.8. The fourth-order valence-corrected chi connectivity index (χ4v) is 1.83. The van der Waals surface area contributed by atoms with Gasteiger partial charge in [0.25, 0.3) is 0 Å². The molecule has 1 aliphatic heterocycles. The van der Waals surface area contributed by atoms with Crippen molar-refractivity contribution in [2.24, 2.45) is 0 Å². The molecule has 0 radical (unpaired) electrons. The van der Waals surface area contributed by atoms with Gasteiger partial charge in [0, 0.05) is 0 Å². The molecular weight excluding hydrogens is 208 g/mol. The van der Waals surface area contributed by atoms with Crippen molar-refractivity contribution in [1.82, 2.24) is 0 Å². The van der Waals surface area contributed by atoms with Gasteiger partial charge in [0.1, 0.15) is 5.60 Å². The smallest absolute Gasteiger partial charge is 0.201 e. The molecule has 1 N–H and O–H groups in total. The van der Waals surface area contributed by atoms with Crippen LogP contribution in [-0.2, 0) is 0 Å². The lowest BCUT2D eigenvalue weighted by Crippen LogP contribution is -2.35. The number of hydrogen-bond donors (Lipinski definition) is 1. The van der Waals surface area contributed by atoms with Crippen molar-refractivity contribution in [3.63, 3.8) is 0 Å². The number of carbonyl (C=O) groups is 1. The Morgan fingerprint density at radius 2 is 2.12 bits per heavy atom. The molecule has 0 unspecified atom stereocenters. The number of fused-ring (bicyclic) bond motifs is 1. The van der Waals surface area contributed by atoms with Gasteiger partial charge in [-0.1, -0.05) is 0 Å². The quantitative estimate of drug-likeness (QED) is 0.791. The number of aromatic hydroxyl groups is 1. The second-order valence-corrected chi connectivity index (χ2v) is 4.45. The number of Topliss-reactive ketones (excluding diaryl/α,β-unsaturated/α-hetero) is 1. The minimum atomic E-state index is -0.589. The van der Waals surface area contributed by atoms with Crippen LogP contribution in [0.25, 0.3) is 0 Å². The van der Waals surface area contributed by atoms with E-state index < -0.39 is 5.60 Å². The zero-order chi connectivity index (χ0) is 11.9. The highest BCUT2D eigenvalue weighted by Gasteiger charge is 2.35. The monoisotopic (exact) mass is 222 g/mol. The summed E-state index contributed by atoms with van der Waals surface area (Å²) in [4.78, 5) is 11.8. The maximum Gasteiger partial charge on any atom is 0.201 e. The molecule has 0 saturated carbocycles. The molecule has 1 aliphatic rings. The molecule has 0 aliphatic carbocycles. The first-order chi connectivity index (χ1) is 7.44. The number of ether oxygens (including phenoxy) is 2. The number of ketones is 1. The Balaban J connectivity index is 2.58. The Bertz CT molecular complexity index is 449. The van der Waals surface area contributed by atoms with Gasteiger partial charge in [-0.25, -0.2) is 0 Å². The Hall–Kier alpha value is -1.71. The maximum absolute atomic E-state index is 11.8. The van der Waals surface area contributed by atoms with Gasteiger partial charge >= 0.3 is 0 Å². The van der Waals surface area contributed by atoms with Crippen LogP contribution in [0.5, 0.6) is 17.2 Å². The zero-order valence-corrected chi connectivity index (χ0v) is 9.53. The summed E-state index contributed by atoms with van der Waals surface area (Å²) in [6.45, 7) is 3.62. The predicted octanol–water partition coefficient (Wildman–Crippen LogP) is 2.14. The first-order valence-electron chi connectivity index (χ1n) is 5.07. The van der Waals surface area contributed by atoms with E-state index in [0.29, 0.717) is 17.7 Å². The minimum Gasteiger partial charge on any atom is -0.502 e. The van der Waals surface area contributed by atoms with E-state index in [1.54, 1.807) is 12.1 Å². The summed E-state index contributed by atoms with van der Waals surface area (Å²) >= 11 is 0. The number of benzene rings is 1. The molecule has 2 rings (SSSR count). The van der Waals surface area contributed by atoms with Crippen LogP contribution in [0.1, 0.15) is 30.6 Å². The minimum absolute atomic E-state index is 0.0239. The Morgan fingerprint density at radius 3 is 2.75 bits per heavy atom. The van der Waals surface area contributed by atoms with Gasteiger partial charge in [-0.2, -0.15) is 0 Å². The van der Waals surface area contributed by atoms with Crippen LogP contribution in [0.2, 0.25) is 0 Å². The summed E-state index contributed by atoms with van der Waals surface area (Å²) in [5, 5.41) is 9.88. The number of rotatable bonds is 1. The normalized spacial score (nSPS) is 17.6. The van der Waals surface area contributed by atoms with Crippen molar-refractivity contribution < 1.29 is 19.4 Å².